The highest BCUT2D eigenvalue weighted by molar-refractivity contribution is 5.89. The number of hydrogen-bond acceptors (Lipinski definition) is 6. The minimum atomic E-state index is 0.266. The van der Waals surface area contributed by atoms with Crippen LogP contribution in [0.25, 0.3) is 11.0 Å². The number of pyridine rings is 1. The SMILES string of the molecule is Cc1cc(C)c2c(N[C@H]3COC[C@@H]3N3CCCCC3)ncnc2n1. The first kappa shape index (κ1) is 15.7. The Kier molecular flexibility index (Phi) is 4.33. The Balaban J connectivity index is 1.61. The van der Waals surface area contributed by atoms with Gasteiger partial charge in [0.25, 0.3) is 0 Å². The number of likely N-dealkylation sites (tertiary alicyclic amines) is 1. The number of piperidine rings is 1. The Hall–Kier alpha value is -1.79. The summed E-state index contributed by atoms with van der Waals surface area (Å²) >= 11 is 0. The number of fused-ring (bicyclic) bond motifs is 1. The number of aryl methyl sites for hydroxylation is 2. The Morgan fingerprint density at radius 2 is 1.96 bits per heavy atom. The molecule has 6 heteroatoms. The Labute approximate surface area is 142 Å². The van der Waals surface area contributed by atoms with E-state index in [1.165, 1.54) is 32.4 Å². The number of ether oxygens (including phenoxy) is 1. The van der Waals surface area contributed by atoms with Crippen molar-refractivity contribution in [2.45, 2.75) is 45.2 Å². The zero-order valence-electron chi connectivity index (χ0n) is 14.5. The number of aromatic nitrogens is 3. The molecule has 6 nitrogen and oxygen atoms in total. The molecule has 0 aromatic carbocycles. The molecule has 2 saturated heterocycles. The third-order valence-corrected chi connectivity index (χ3v) is 5.16. The summed E-state index contributed by atoms with van der Waals surface area (Å²) in [4.78, 5) is 16.0. The van der Waals surface area contributed by atoms with E-state index in [1.807, 2.05) is 6.92 Å². The number of hydrogen-bond donors (Lipinski definition) is 1. The quantitative estimate of drug-likeness (QED) is 0.933. The maximum Gasteiger partial charge on any atom is 0.165 e. The van der Waals surface area contributed by atoms with Gasteiger partial charge in [0.05, 0.1) is 30.7 Å². The molecular weight excluding hydrogens is 302 g/mol. The van der Waals surface area contributed by atoms with E-state index in [0.29, 0.717) is 6.04 Å². The van der Waals surface area contributed by atoms with Crippen molar-refractivity contribution >= 4 is 16.9 Å². The predicted molar refractivity (Wildman–Crippen MR) is 94.2 cm³/mol. The Morgan fingerprint density at radius 3 is 2.79 bits per heavy atom. The van der Waals surface area contributed by atoms with E-state index in [4.69, 9.17) is 4.74 Å². The predicted octanol–water partition coefficient (Wildman–Crippen LogP) is 2.31. The molecule has 2 atom stereocenters. The van der Waals surface area contributed by atoms with Crippen molar-refractivity contribution in [2.24, 2.45) is 0 Å². The van der Waals surface area contributed by atoms with Crippen molar-refractivity contribution in [3.63, 3.8) is 0 Å². The van der Waals surface area contributed by atoms with Crippen molar-refractivity contribution in [3.05, 3.63) is 23.7 Å². The van der Waals surface area contributed by atoms with Crippen molar-refractivity contribution in [1.29, 1.82) is 0 Å². The summed E-state index contributed by atoms with van der Waals surface area (Å²) in [5.41, 5.74) is 2.91. The lowest BCUT2D eigenvalue weighted by atomic mass is 10.0. The molecule has 0 bridgehead atoms. The summed E-state index contributed by atoms with van der Waals surface area (Å²) < 4.78 is 5.79. The summed E-state index contributed by atoms with van der Waals surface area (Å²) in [5, 5.41) is 4.65. The van der Waals surface area contributed by atoms with E-state index < -0.39 is 0 Å². The van der Waals surface area contributed by atoms with Crippen LogP contribution in [0.4, 0.5) is 5.82 Å². The van der Waals surface area contributed by atoms with Crippen LogP contribution in [0, 0.1) is 13.8 Å². The highest BCUT2D eigenvalue weighted by Gasteiger charge is 2.34. The highest BCUT2D eigenvalue weighted by Crippen LogP contribution is 2.26. The van der Waals surface area contributed by atoms with Gasteiger partial charge in [-0.05, 0) is 51.4 Å². The van der Waals surface area contributed by atoms with Gasteiger partial charge in [0.15, 0.2) is 5.65 Å². The molecule has 128 valence electrons. The van der Waals surface area contributed by atoms with E-state index in [1.54, 1.807) is 6.33 Å². The van der Waals surface area contributed by atoms with Crippen molar-refractivity contribution in [1.82, 2.24) is 19.9 Å². The second kappa shape index (κ2) is 6.61. The summed E-state index contributed by atoms with van der Waals surface area (Å²) in [6.07, 6.45) is 5.54. The minimum absolute atomic E-state index is 0.266. The van der Waals surface area contributed by atoms with Gasteiger partial charge in [0.1, 0.15) is 12.1 Å². The van der Waals surface area contributed by atoms with Crippen LogP contribution in [0.5, 0.6) is 0 Å². The molecule has 0 amide bonds. The number of rotatable bonds is 3. The fraction of sp³-hybridized carbons (Fsp3) is 0.611. The molecule has 0 unspecified atom stereocenters. The van der Waals surface area contributed by atoms with E-state index in [-0.39, 0.29) is 6.04 Å². The van der Waals surface area contributed by atoms with Crippen LogP contribution >= 0.6 is 0 Å². The van der Waals surface area contributed by atoms with Gasteiger partial charge in [-0.3, -0.25) is 4.90 Å². The number of nitrogens with one attached hydrogen (secondary N) is 1. The van der Waals surface area contributed by atoms with Gasteiger partial charge in [-0.2, -0.15) is 0 Å². The molecule has 2 aliphatic heterocycles. The summed E-state index contributed by atoms with van der Waals surface area (Å²) in [6, 6.07) is 2.78. The van der Waals surface area contributed by atoms with Crippen LogP contribution in [0.3, 0.4) is 0 Å². The van der Waals surface area contributed by atoms with Gasteiger partial charge in [0, 0.05) is 5.69 Å². The van der Waals surface area contributed by atoms with Gasteiger partial charge in [-0.1, -0.05) is 6.42 Å². The molecular formula is C18H25N5O. The van der Waals surface area contributed by atoms with Crippen LogP contribution in [0.2, 0.25) is 0 Å². The lowest BCUT2D eigenvalue weighted by molar-refractivity contribution is 0.127. The lowest BCUT2D eigenvalue weighted by Crippen LogP contribution is -2.48. The van der Waals surface area contributed by atoms with Gasteiger partial charge in [-0.15, -0.1) is 0 Å². The average Bonchev–Trinajstić information content (AvgIpc) is 3.03. The second-order valence-electron chi connectivity index (χ2n) is 6.95. The summed E-state index contributed by atoms with van der Waals surface area (Å²) in [5.74, 6) is 0.877. The molecule has 0 saturated carbocycles. The third-order valence-electron chi connectivity index (χ3n) is 5.16. The summed E-state index contributed by atoms with van der Waals surface area (Å²) in [6.45, 7) is 7.98. The third kappa shape index (κ3) is 2.96. The molecule has 0 aliphatic carbocycles. The van der Waals surface area contributed by atoms with Crippen molar-refractivity contribution < 1.29 is 4.74 Å². The van der Waals surface area contributed by atoms with E-state index in [2.05, 4.69) is 38.2 Å². The normalized spacial score (nSPS) is 25.2. The molecule has 2 fully saturated rings. The maximum atomic E-state index is 5.79. The zero-order valence-corrected chi connectivity index (χ0v) is 14.5. The Morgan fingerprint density at radius 1 is 1.12 bits per heavy atom. The van der Waals surface area contributed by atoms with Gasteiger partial charge in [0.2, 0.25) is 0 Å². The first-order valence-corrected chi connectivity index (χ1v) is 8.89. The van der Waals surface area contributed by atoms with Crippen LogP contribution in [0.15, 0.2) is 12.4 Å². The van der Waals surface area contributed by atoms with Gasteiger partial charge < -0.3 is 10.1 Å². The smallest absolute Gasteiger partial charge is 0.165 e. The largest absolute Gasteiger partial charge is 0.378 e. The molecule has 2 aromatic heterocycles. The fourth-order valence-electron chi connectivity index (χ4n) is 3.98. The first-order chi connectivity index (χ1) is 11.7. The first-order valence-electron chi connectivity index (χ1n) is 8.89. The van der Waals surface area contributed by atoms with Crippen molar-refractivity contribution in [2.75, 3.05) is 31.6 Å². The average molecular weight is 327 g/mol. The lowest BCUT2D eigenvalue weighted by Gasteiger charge is -2.34. The Bertz CT molecular complexity index is 729. The van der Waals surface area contributed by atoms with Crippen LogP contribution in [-0.4, -0.2) is 58.2 Å². The molecule has 0 radical (unpaired) electrons. The molecule has 1 N–H and O–H groups in total. The number of nitrogens with zero attached hydrogens (tertiary/aromatic N) is 4. The zero-order chi connectivity index (χ0) is 16.5. The number of anilines is 1. The fourth-order valence-corrected chi connectivity index (χ4v) is 3.98. The molecule has 2 aliphatic rings. The van der Waals surface area contributed by atoms with Crippen LogP contribution in [0.1, 0.15) is 30.5 Å². The molecule has 0 spiro atoms. The molecule has 4 heterocycles. The monoisotopic (exact) mass is 327 g/mol. The van der Waals surface area contributed by atoms with Crippen LogP contribution in [-0.2, 0) is 4.74 Å². The van der Waals surface area contributed by atoms with Crippen LogP contribution < -0.4 is 5.32 Å². The minimum Gasteiger partial charge on any atom is -0.378 e. The van der Waals surface area contributed by atoms with E-state index in [9.17, 15) is 0 Å². The van der Waals surface area contributed by atoms with Gasteiger partial charge in [-0.25, -0.2) is 15.0 Å². The molecule has 24 heavy (non-hydrogen) atoms. The standard InChI is InChI=1S/C18H25N5O/c1-12-8-13(2)21-17-16(12)18(20-11-19-17)22-14-9-24-10-15(14)23-6-4-3-5-7-23/h8,11,14-15H,3-7,9-10H2,1-2H3,(H,19,20,21,22)/t14-,15-/m0/s1. The maximum absolute atomic E-state index is 5.79. The summed E-state index contributed by atoms with van der Waals surface area (Å²) in [7, 11) is 0. The topological polar surface area (TPSA) is 63.2 Å². The second-order valence-corrected chi connectivity index (χ2v) is 6.95. The highest BCUT2D eigenvalue weighted by atomic mass is 16.5. The van der Waals surface area contributed by atoms with Gasteiger partial charge >= 0.3 is 0 Å². The van der Waals surface area contributed by atoms with E-state index >= 15 is 0 Å². The molecule has 4 rings (SSSR count). The van der Waals surface area contributed by atoms with Crippen molar-refractivity contribution in [3.8, 4) is 0 Å². The van der Waals surface area contributed by atoms with E-state index in [0.717, 1.165) is 41.3 Å². The molecule has 2 aromatic rings.